The van der Waals surface area contributed by atoms with E-state index in [4.69, 9.17) is 5.73 Å². The lowest BCUT2D eigenvalue weighted by molar-refractivity contribution is -0.106. The van der Waals surface area contributed by atoms with E-state index in [1.54, 1.807) is 11.0 Å². The fourth-order valence-electron chi connectivity index (χ4n) is 2.42. The Morgan fingerprint density at radius 1 is 1.09 bits per heavy atom. The van der Waals surface area contributed by atoms with Crippen molar-refractivity contribution in [3.05, 3.63) is 72.9 Å². The molecular weight excluding hydrogens is 286 g/mol. The van der Waals surface area contributed by atoms with Gasteiger partial charge in [-0.3, -0.25) is 9.69 Å². The number of carbonyl (C=O) groups is 1. The zero-order chi connectivity index (χ0) is 16.8. The molecule has 0 spiro atoms. The molecule has 2 rings (SSSR count). The Kier molecular flexibility index (Phi) is 5.20. The van der Waals surface area contributed by atoms with Crippen LogP contribution in [0.3, 0.4) is 0 Å². The normalized spacial score (nSPS) is 11.0. The molecule has 0 bridgehead atoms. The molecule has 1 amide bonds. The van der Waals surface area contributed by atoms with E-state index in [0.717, 1.165) is 34.6 Å². The van der Waals surface area contributed by atoms with E-state index >= 15 is 0 Å². The molecule has 2 N–H and O–H groups in total. The van der Waals surface area contributed by atoms with Crippen LogP contribution < -0.4 is 15.5 Å². The molecule has 118 valence electrons. The predicted octanol–water partition coefficient (Wildman–Crippen LogP) is 3.53. The predicted molar refractivity (Wildman–Crippen MR) is 97.8 cm³/mol. The summed E-state index contributed by atoms with van der Waals surface area (Å²) < 4.78 is 0. The molecule has 0 saturated heterocycles. The summed E-state index contributed by atoms with van der Waals surface area (Å²) in [6, 6.07) is 15.4. The van der Waals surface area contributed by atoms with Crippen molar-refractivity contribution in [3.63, 3.8) is 0 Å². The average molecular weight is 307 g/mol. The molecule has 0 heterocycles. The quantitative estimate of drug-likeness (QED) is 0.656. The van der Waals surface area contributed by atoms with E-state index in [-0.39, 0.29) is 0 Å². The number of hydrogen-bond donors (Lipinski definition) is 1. The molecule has 4 heteroatoms. The molecule has 0 unspecified atom stereocenters. The smallest absolute Gasteiger partial charge is 0.218 e. The molecular formula is C19H21N3O. The van der Waals surface area contributed by atoms with Gasteiger partial charge in [-0.15, -0.1) is 0 Å². The number of nitrogens with zero attached hydrogens (tertiary/aromatic N) is 2. The van der Waals surface area contributed by atoms with Crippen molar-refractivity contribution in [1.82, 2.24) is 0 Å². The SMILES string of the molecule is C=C/C(=C\N)c1cccc(N(C=O)c2ccccc2N(C)C)c1. The highest BCUT2D eigenvalue weighted by molar-refractivity contribution is 5.93. The zero-order valence-electron chi connectivity index (χ0n) is 13.4. The van der Waals surface area contributed by atoms with Crippen molar-refractivity contribution in [2.45, 2.75) is 0 Å². The van der Waals surface area contributed by atoms with Gasteiger partial charge in [0, 0.05) is 26.0 Å². The highest BCUT2D eigenvalue weighted by Crippen LogP contribution is 2.33. The Balaban J connectivity index is 2.53. The first kappa shape index (κ1) is 16.4. The molecule has 0 aliphatic carbocycles. The standard InChI is InChI=1S/C19H21N3O/c1-4-15(13-20)16-8-7-9-17(12-16)22(14-23)19-11-6-5-10-18(19)21(2)3/h4-14H,1,20H2,2-3H3/b15-13+. The van der Waals surface area contributed by atoms with Crippen molar-refractivity contribution in [1.29, 1.82) is 0 Å². The van der Waals surface area contributed by atoms with Gasteiger partial charge >= 0.3 is 0 Å². The Bertz CT molecular complexity index is 735. The maximum atomic E-state index is 11.7. The summed E-state index contributed by atoms with van der Waals surface area (Å²) in [4.78, 5) is 15.3. The lowest BCUT2D eigenvalue weighted by Crippen LogP contribution is -2.19. The van der Waals surface area contributed by atoms with Gasteiger partial charge in [0.25, 0.3) is 0 Å². The highest BCUT2D eigenvalue weighted by atomic mass is 16.1. The summed E-state index contributed by atoms with van der Waals surface area (Å²) in [5.74, 6) is 0. The molecule has 0 aliphatic heterocycles. The Morgan fingerprint density at radius 3 is 2.35 bits per heavy atom. The third kappa shape index (κ3) is 3.43. The van der Waals surface area contributed by atoms with Gasteiger partial charge in [0.05, 0.1) is 11.4 Å². The van der Waals surface area contributed by atoms with E-state index in [9.17, 15) is 4.79 Å². The third-order valence-electron chi connectivity index (χ3n) is 3.59. The van der Waals surface area contributed by atoms with Crippen LogP contribution in [0.2, 0.25) is 0 Å². The molecule has 2 aromatic rings. The summed E-state index contributed by atoms with van der Waals surface area (Å²) in [7, 11) is 3.90. The van der Waals surface area contributed by atoms with Gasteiger partial charge in [-0.25, -0.2) is 0 Å². The molecule has 0 aromatic heterocycles. The Morgan fingerprint density at radius 2 is 1.78 bits per heavy atom. The maximum absolute atomic E-state index is 11.7. The van der Waals surface area contributed by atoms with E-state index in [2.05, 4.69) is 6.58 Å². The second kappa shape index (κ2) is 7.31. The minimum Gasteiger partial charge on any atom is -0.404 e. The molecule has 0 atom stereocenters. The molecule has 0 radical (unpaired) electrons. The van der Waals surface area contributed by atoms with Gasteiger partial charge < -0.3 is 10.6 Å². The van der Waals surface area contributed by atoms with Crippen LogP contribution >= 0.6 is 0 Å². The van der Waals surface area contributed by atoms with Crippen LogP contribution in [0.25, 0.3) is 5.57 Å². The first-order valence-electron chi connectivity index (χ1n) is 7.28. The number of para-hydroxylation sites is 2. The number of benzene rings is 2. The monoisotopic (exact) mass is 307 g/mol. The molecule has 23 heavy (non-hydrogen) atoms. The topological polar surface area (TPSA) is 49.6 Å². The Labute approximate surface area is 137 Å². The molecule has 4 nitrogen and oxygen atoms in total. The molecule has 0 saturated carbocycles. The number of nitrogens with two attached hydrogens (primary N) is 1. The lowest BCUT2D eigenvalue weighted by atomic mass is 10.1. The van der Waals surface area contributed by atoms with Crippen LogP contribution in [0.1, 0.15) is 5.56 Å². The number of allylic oxidation sites excluding steroid dienone is 2. The van der Waals surface area contributed by atoms with Crippen LogP contribution in [-0.4, -0.2) is 20.5 Å². The molecule has 0 aliphatic rings. The third-order valence-corrected chi connectivity index (χ3v) is 3.59. The lowest BCUT2D eigenvalue weighted by Gasteiger charge is -2.24. The maximum Gasteiger partial charge on any atom is 0.218 e. The average Bonchev–Trinajstić information content (AvgIpc) is 2.57. The zero-order valence-corrected chi connectivity index (χ0v) is 13.4. The van der Waals surface area contributed by atoms with Gasteiger partial charge in [0.15, 0.2) is 0 Å². The van der Waals surface area contributed by atoms with Crippen LogP contribution in [0.4, 0.5) is 17.1 Å². The number of rotatable bonds is 6. The summed E-state index contributed by atoms with van der Waals surface area (Å²) in [5, 5.41) is 0. The van der Waals surface area contributed by atoms with Crippen LogP contribution in [-0.2, 0) is 4.79 Å². The van der Waals surface area contributed by atoms with Gasteiger partial charge in [0.2, 0.25) is 6.41 Å². The van der Waals surface area contributed by atoms with E-state index in [1.807, 2.05) is 67.5 Å². The van der Waals surface area contributed by atoms with Gasteiger partial charge in [0.1, 0.15) is 0 Å². The van der Waals surface area contributed by atoms with Gasteiger partial charge in [-0.2, -0.15) is 0 Å². The number of hydrogen-bond acceptors (Lipinski definition) is 3. The van der Waals surface area contributed by atoms with Crippen molar-refractivity contribution in [2.75, 3.05) is 23.9 Å². The first-order chi connectivity index (χ1) is 11.1. The van der Waals surface area contributed by atoms with Crippen LogP contribution in [0.15, 0.2) is 67.4 Å². The Hall–Kier alpha value is -3.01. The van der Waals surface area contributed by atoms with Crippen LogP contribution in [0, 0.1) is 0 Å². The molecule has 2 aromatic carbocycles. The number of anilines is 3. The van der Waals surface area contributed by atoms with E-state index in [1.165, 1.54) is 6.20 Å². The summed E-state index contributed by atoms with van der Waals surface area (Å²) in [6.45, 7) is 3.76. The second-order valence-electron chi connectivity index (χ2n) is 5.24. The fourth-order valence-corrected chi connectivity index (χ4v) is 2.42. The number of carbonyl (C=O) groups excluding carboxylic acids is 1. The molecule has 0 fully saturated rings. The second-order valence-corrected chi connectivity index (χ2v) is 5.24. The summed E-state index contributed by atoms with van der Waals surface area (Å²) in [6.07, 6.45) is 4.02. The van der Waals surface area contributed by atoms with Crippen molar-refractivity contribution >= 4 is 29.0 Å². The van der Waals surface area contributed by atoms with Gasteiger partial charge in [-0.1, -0.05) is 36.9 Å². The van der Waals surface area contributed by atoms with E-state index in [0.29, 0.717) is 0 Å². The van der Waals surface area contributed by atoms with Crippen molar-refractivity contribution in [3.8, 4) is 0 Å². The first-order valence-corrected chi connectivity index (χ1v) is 7.28. The van der Waals surface area contributed by atoms with Gasteiger partial charge in [-0.05, 0) is 35.4 Å². The largest absolute Gasteiger partial charge is 0.404 e. The highest BCUT2D eigenvalue weighted by Gasteiger charge is 2.14. The van der Waals surface area contributed by atoms with Crippen molar-refractivity contribution in [2.24, 2.45) is 5.73 Å². The van der Waals surface area contributed by atoms with E-state index < -0.39 is 0 Å². The van der Waals surface area contributed by atoms with Crippen molar-refractivity contribution < 1.29 is 4.79 Å². The summed E-state index contributed by atoms with van der Waals surface area (Å²) >= 11 is 0. The number of amides is 1. The minimum absolute atomic E-state index is 0.771. The fraction of sp³-hybridized carbons (Fsp3) is 0.105. The summed E-state index contributed by atoms with van der Waals surface area (Å²) in [5.41, 5.74) is 9.91. The van der Waals surface area contributed by atoms with Crippen LogP contribution in [0.5, 0.6) is 0 Å². The minimum atomic E-state index is 0.771.